The Bertz CT molecular complexity index is 954. The Hall–Kier alpha value is -2.40. The van der Waals surface area contributed by atoms with E-state index in [-0.39, 0.29) is 0 Å². The number of piperidine rings is 1. The third kappa shape index (κ3) is 4.15. The molecule has 1 aliphatic carbocycles. The highest BCUT2D eigenvalue weighted by Gasteiger charge is 2.18. The van der Waals surface area contributed by atoms with Crippen LogP contribution in [-0.2, 0) is 6.54 Å². The number of nitrogens with zero attached hydrogens (tertiary/aromatic N) is 4. The quantitative estimate of drug-likeness (QED) is 0.608. The zero-order valence-corrected chi connectivity index (χ0v) is 17.1. The summed E-state index contributed by atoms with van der Waals surface area (Å²) in [7, 11) is 0. The zero-order chi connectivity index (χ0) is 19.5. The lowest BCUT2D eigenvalue weighted by Gasteiger charge is -2.27. The van der Waals surface area contributed by atoms with Crippen molar-refractivity contribution in [1.29, 1.82) is 0 Å². The van der Waals surface area contributed by atoms with Crippen LogP contribution in [0.5, 0.6) is 5.88 Å². The van der Waals surface area contributed by atoms with Crippen molar-refractivity contribution in [2.45, 2.75) is 64.0 Å². The Balaban J connectivity index is 1.44. The Morgan fingerprint density at radius 3 is 2.55 bits per heavy atom. The van der Waals surface area contributed by atoms with Gasteiger partial charge in [-0.1, -0.05) is 37.1 Å². The fraction of sp³-hybridized carbons (Fsp3) is 0.500. The Labute approximate surface area is 172 Å². The molecule has 1 saturated heterocycles. The first kappa shape index (κ1) is 18.6. The summed E-state index contributed by atoms with van der Waals surface area (Å²) in [6.07, 6.45) is 12.3. The second-order valence-corrected chi connectivity index (χ2v) is 8.46. The van der Waals surface area contributed by atoms with Gasteiger partial charge < -0.3 is 4.74 Å². The molecule has 152 valence electrons. The van der Waals surface area contributed by atoms with Crippen LogP contribution in [0.15, 0.2) is 42.6 Å². The number of likely N-dealkylation sites (tertiary alicyclic amines) is 1. The molecule has 29 heavy (non-hydrogen) atoms. The van der Waals surface area contributed by atoms with Crippen molar-refractivity contribution in [2.75, 3.05) is 13.1 Å². The third-order valence-electron chi connectivity index (χ3n) is 6.31. The van der Waals surface area contributed by atoms with Crippen molar-refractivity contribution in [2.24, 2.45) is 0 Å². The number of hydrogen-bond donors (Lipinski definition) is 0. The summed E-state index contributed by atoms with van der Waals surface area (Å²) in [5.41, 5.74) is 4.47. The van der Waals surface area contributed by atoms with Gasteiger partial charge in [-0.3, -0.25) is 4.90 Å². The minimum Gasteiger partial charge on any atom is -0.473 e. The largest absolute Gasteiger partial charge is 0.473 e. The zero-order valence-electron chi connectivity index (χ0n) is 17.1. The highest BCUT2D eigenvalue weighted by molar-refractivity contribution is 5.66. The molecule has 0 amide bonds. The summed E-state index contributed by atoms with van der Waals surface area (Å²) in [5, 5.41) is 4.81. The van der Waals surface area contributed by atoms with Crippen LogP contribution in [0.3, 0.4) is 0 Å². The minimum atomic E-state index is 0.298. The van der Waals surface area contributed by atoms with E-state index in [4.69, 9.17) is 9.84 Å². The van der Waals surface area contributed by atoms with Gasteiger partial charge in [0.2, 0.25) is 5.88 Å². The molecule has 3 aromatic rings. The van der Waals surface area contributed by atoms with Crippen LogP contribution in [-0.4, -0.2) is 38.7 Å². The summed E-state index contributed by atoms with van der Waals surface area (Å²) >= 11 is 0. The van der Waals surface area contributed by atoms with Crippen molar-refractivity contribution in [3.63, 3.8) is 0 Å². The van der Waals surface area contributed by atoms with Gasteiger partial charge in [-0.25, -0.2) is 9.50 Å². The SMILES string of the molecule is c1ccc(-c2cnc3ccc(OC4CCCCC4)nn23)c(CN2CCCCC2)c1. The van der Waals surface area contributed by atoms with Crippen molar-refractivity contribution < 1.29 is 4.74 Å². The molecule has 1 saturated carbocycles. The van der Waals surface area contributed by atoms with Crippen LogP contribution in [0.1, 0.15) is 56.9 Å². The highest BCUT2D eigenvalue weighted by atomic mass is 16.5. The maximum Gasteiger partial charge on any atom is 0.232 e. The molecule has 2 aliphatic rings. The summed E-state index contributed by atoms with van der Waals surface area (Å²) in [5.74, 6) is 0.706. The molecule has 5 rings (SSSR count). The van der Waals surface area contributed by atoms with E-state index in [0.717, 1.165) is 30.7 Å². The third-order valence-corrected chi connectivity index (χ3v) is 6.31. The number of rotatable bonds is 5. The van der Waals surface area contributed by atoms with E-state index in [0.29, 0.717) is 12.0 Å². The van der Waals surface area contributed by atoms with Crippen molar-refractivity contribution >= 4 is 5.65 Å². The Morgan fingerprint density at radius 1 is 0.897 bits per heavy atom. The van der Waals surface area contributed by atoms with Gasteiger partial charge in [0.25, 0.3) is 0 Å². The molecule has 5 heteroatoms. The molecule has 0 bridgehead atoms. The topological polar surface area (TPSA) is 42.7 Å². The van der Waals surface area contributed by atoms with E-state index in [2.05, 4.69) is 34.1 Å². The molecular weight excluding hydrogens is 360 g/mol. The number of hydrogen-bond acceptors (Lipinski definition) is 4. The van der Waals surface area contributed by atoms with Crippen molar-refractivity contribution in [3.8, 4) is 17.1 Å². The molecule has 1 aliphatic heterocycles. The second-order valence-electron chi connectivity index (χ2n) is 8.46. The number of aromatic nitrogens is 3. The maximum atomic E-state index is 6.21. The van der Waals surface area contributed by atoms with Crippen LogP contribution in [0.25, 0.3) is 16.9 Å². The van der Waals surface area contributed by atoms with E-state index in [1.807, 2.05) is 22.8 Å². The molecule has 0 spiro atoms. The standard InChI is InChI=1S/C24H30N4O/c1-3-10-20(11-4-1)29-24-14-13-23-25-17-22(28(23)26-24)21-12-6-5-9-19(21)18-27-15-7-2-8-16-27/h5-6,9,12-14,17,20H,1-4,7-8,10-11,15-16,18H2. The molecule has 2 fully saturated rings. The molecule has 0 unspecified atom stereocenters. The van der Waals surface area contributed by atoms with Gasteiger partial charge in [0.1, 0.15) is 6.10 Å². The van der Waals surface area contributed by atoms with Gasteiger partial charge in [-0.05, 0) is 63.2 Å². The molecule has 0 atom stereocenters. The maximum absolute atomic E-state index is 6.21. The van der Waals surface area contributed by atoms with Crippen LogP contribution < -0.4 is 4.74 Å². The van der Waals surface area contributed by atoms with Crippen LogP contribution in [0.4, 0.5) is 0 Å². The number of fused-ring (bicyclic) bond motifs is 1. The smallest absolute Gasteiger partial charge is 0.232 e. The summed E-state index contributed by atoms with van der Waals surface area (Å²) in [6, 6.07) is 12.7. The van der Waals surface area contributed by atoms with E-state index < -0.39 is 0 Å². The molecule has 5 nitrogen and oxygen atoms in total. The van der Waals surface area contributed by atoms with Crippen molar-refractivity contribution in [3.05, 3.63) is 48.2 Å². The first-order valence-corrected chi connectivity index (χ1v) is 11.2. The fourth-order valence-electron chi connectivity index (χ4n) is 4.72. The Kier molecular flexibility index (Phi) is 5.48. The first-order chi connectivity index (χ1) is 14.4. The van der Waals surface area contributed by atoms with Gasteiger partial charge in [0, 0.05) is 18.2 Å². The van der Waals surface area contributed by atoms with E-state index in [1.165, 1.54) is 62.7 Å². The molecular formula is C24H30N4O. The summed E-state index contributed by atoms with van der Waals surface area (Å²) < 4.78 is 8.16. The number of ether oxygens (including phenoxy) is 1. The number of benzene rings is 1. The van der Waals surface area contributed by atoms with E-state index in [1.54, 1.807) is 0 Å². The van der Waals surface area contributed by atoms with Gasteiger partial charge >= 0.3 is 0 Å². The second kappa shape index (κ2) is 8.54. The lowest BCUT2D eigenvalue weighted by atomic mass is 9.98. The van der Waals surface area contributed by atoms with E-state index >= 15 is 0 Å². The van der Waals surface area contributed by atoms with Gasteiger partial charge in [-0.15, -0.1) is 5.10 Å². The Morgan fingerprint density at radius 2 is 1.69 bits per heavy atom. The van der Waals surface area contributed by atoms with Crippen LogP contribution in [0, 0.1) is 0 Å². The monoisotopic (exact) mass is 390 g/mol. The minimum absolute atomic E-state index is 0.298. The molecule has 2 aromatic heterocycles. The van der Waals surface area contributed by atoms with Crippen LogP contribution in [0.2, 0.25) is 0 Å². The molecule has 3 heterocycles. The lowest BCUT2D eigenvalue weighted by molar-refractivity contribution is 0.147. The summed E-state index contributed by atoms with van der Waals surface area (Å²) in [4.78, 5) is 7.17. The number of imidazole rings is 1. The van der Waals surface area contributed by atoms with Gasteiger partial charge in [-0.2, -0.15) is 0 Å². The molecule has 0 radical (unpaired) electrons. The molecule has 0 N–H and O–H groups in total. The first-order valence-electron chi connectivity index (χ1n) is 11.2. The average molecular weight is 391 g/mol. The fourth-order valence-corrected chi connectivity index (χ4v) is 4.72. The van der Waals surface area contributed by atoms with Crippen molar-refractivity contribution in [1.82, 2.24) is 19.5 Å². The van der Waals surface area contributed by atoms with Crippen LogP contribution >= 0.6 is 0 Å². The predicted octanol–water partition coefficient (Wildman–Crippen LogP) is 5.09. The summed E-state index contributed by atoms with van der Waals surface area (Å²) in [6.45, 7) is 3.37. The average Bonchev–Trinajstić information content (AvgIpc) is 3.19. The van der Waals surface area contributed by atoms with Gasteiger partial charge in [0.15, 0.2) is 5.65 Å². The molecule has 1 aromatic carbocycles. The van der Waals surface area contributed by atoms with Gasteiger partial charge in [0.05, 0.1) is 11.9 Å². The normalized spacial score (nSPS) is 18.9. The lowest BCUT2D eigenvalue weighted by Crippen LogP contribution is -2.29. The highest BCUT2D eigenvalue weighted by Crippen LogP contribution is 2.28. The van der Waals surface area contributed by atoms with E-state index in [9.17, 15) is 0 Å². The predicted molar refractivity (Wildman–Crippen MR) is 115 cm³/mol.